The van der Waals surface area contributed by atoms with Gasteiger partial charge in [-0.05, 0) is 23.1 Å². The minimum atomic E-state index is -1.03. The summed E-state index contributed by atoms with van der Waals surface area (Å²) in [5, 5.41) is 8.66. The zero-order valence-corrected chi connectivity index (χ0v) is 11.8. The second-order valence-corrected chi connectivity index (χ2v) is 5.92. The van der Waals surface area contributed by atoms with Gasteiger partial charge in [-0.1, -0.05) is 26.8 Å². The number of hydrogen-bond acceptors (Lipinski definition) is 3. The first-order valence-electron chi connectivity index (χ1n) is 6.44. The molecule has 0 aliphatic carbocycles. The van der Waals surface area contributed by atoms with Crippen molar-refractivity contribution in [1.82, 2.24) is 4.90 Å². The summed E-state index contributed by atoms with van der Waals surface area (Å²) in [5.41, 5.74) is 1.58. The van der Waals surface area contributed by atoms with Gasteiger partial charge in [-0.15, -0.1) is 0 Å². The van der Waals surface area contributed by atoms with E-state index in [1.54, 1.807) is 12.1 Å². The molecule has 1 heterocycles. The third kappa shape index (κ3) is 2.43. The summed E-state index contributed by atoms with van der Waals surface area (Å²) in [6.07, 6.45) is -0.238. The lowest BCUT2D eigenvalue weighted by atomic mass is 9.85. The van der Waals surface area contributed by atoms with Crippen LogP contribution in [0.2, 0.25) is 0 Å². The summed E-state index contributed by atoms with van der Waals surface area (Å²) in [4.78, 5) is 35.9. The normalized spacial score (nSPS) is 14.7. The largest absolute Gasteiger partial charge is 0.481 e. The molecule has 5 heteroatoms. The number of carboxylic acid groups (broad SMARTS) is 1. The van der Waals surface area contributed by atoms with E-state index in [0.29, 0.717) is 11.1 Å². The van der Waals surface area contributed by atoms with E-state index in [4.69, 9.17) is 5.11 Å². The minimum Gasteiger partial charge on any atom is -0.481 e. The predicted octanol–water partition coefficient (Wildman–Crippen LogP) is 2.05. The Morgan fingerprint density at radius 2 is 1.75 bits per heavy atom. The molecular formula is C15H17NO4. The number of carboxylic acids is 1. The van der Waals surface area contributed by atoms with Crippen LogP contribution in [0.5, 0.6) is 0 Å². The number of aliphatic carboxylic acids is 1. The molecule has 1 N–H and O–H groups in total. The molecule has 2 rings (SSSR count). The predicted molar refractivity (Wildman–Crippen MR) is 72.8 cm³/mol. The van der Waals surface area contributed by atoms with Crippen molar-refractivity contribution in [2.75, 3.05) is 6.54 Å². The Morgan fingerprint density at radius 3 is 2.30 bits per heavy atom. The molecule has 20 heavy (non-hydrogen) atoms. The molecule has 0 bridgehead atoms. The van der Waals surface area contributed by atoms with Crippen LogP contribution >= 0.6 is 0 Å². The molecule has 0 atom stereocenters. The van der Waals surface area contributed by atoms with Gasteiger partial charge in [0.25, 0.3) is 11.8 Å². The first-order valence-corrected chi connectivity index (χ1v) is 6.44. The van der Waals surface area contributed by atoms with E-state index in [9.17, 15) is 14.4 Å². The molecule has 0 unspecified atom stereocenters. The van der Waals surface area contributed by atoms with Crippen LogP contribution < -0.4 is 0 Å². The Labute approximate surface area is 117 Å². The van der Waals surface area contributed by atoms with Crippen molar-refractivity contribution in [3.63, 3.8) is 0 Å². The highest BCUT2D eigenvalue weighted by Crippen LogP contribution is 2.29. The van der Waals surface area contributed by atoms with Crippen LogP contribution in [0.4, 0.5) is 0 Å². The third-order valence-electron chi connectivity index (χ3n) is 3.39. The van der Waals surface area contributed by atoms with Crippen molar-refractivity contribution in [3.8, 4) is 0 Å². The minimum absolute atomic E-state index is 0.0907. The monoisotopic (exact) mass is 275 g/mol. The van der Waals surface area contributed by atoms with Crippen LogP contribution in [0.15, 0.2) is 18.2 Å². The average molecular weight is 275 g/mol. The van der Waals surface area contributed by atoms with Crippen LogP contribution in [0.3, 0.4) is 0 Å². The summed E-state index contributed by atoms with van der Waals surface area (Å²) in [5.74, 6) is -1.85. The molecule has 0 spiro atoms. The first-order chi connectivity index (χ1) is 9.21. The third-order valence-corrected chi connectivity index (χ3v) is 3.39. The maximum Gasteiger partial charge on any atom is 0.305 e. The fraction of sp³-hybridized carbons (Fsp3) is 0.400. The SMILES string of the molecule is CC(C)(C)c1ccc2c(c1)C(=O)N(CCC(=O)O)C2=O. The number of imide groups is 1. The van der Waals surface area contributed by atoms with Gasteiger partial charge in [0.15, 0.2) is 0 Å². The Kier molecular flexibility index (Phi) is 3.38. The molecule has 1 aromatic carbocycles. The lowest BCUT2D eigenvalue weighted by molar-refractivity contribution is -0.137. The van der Waals surface area contributed by atoms with E-state index in [-0.39, 0.29) is 18.4 Å². The van der Waals surface area contributed by atoms with Gasteiger partial charge in [0.05, 0.1) is 17.5 Å². The molecule has 5 nitrogen and oxygen atoms in total. The van der Waals surface area contributed by atoms with E-state index >= 15 is 0 Å². The molecule has 0 aromatic heterocycles. The van der Waals surface area contributed by atoms with E-state index in [1.165, 1.54) is 0 Å². The summed E-state index contributed by atoms with van der Waals surface area (Å²) in [6, 6.07) is 5.22. The number of amides is 2. The quantitative estimate of drug-likeness (QED) is 0.857. The van der Waals surface area contributed by atoms with Crippen molar-refractivity contribution in [1.29, 1.82) is 0 Å². The number of benzene rings is 1. The molecular weight excluding hydrogens is 258 g/mol. The fourth-order valence-corrected chi connectivity index (χ4v) is 2.17. The molecule has 0 radical (unpaired) electrons. The fourth-order valence-electron chi connectivity index (χ4n) is 2.17. The van der Waals surface area contributed by atoms with Gasteiger partial charge in [0, 0.05) is 6.54 Å². The first kappa shape index (κ1) is 14.2. The summed E-state index contributed by atoms with van der Waals surface area (Å²) in [6.45, 7) is 5.99. The van der Waals surface area contributed by atoms with Crippen LogP contribution in [0, 0.1) is 0 Å². The number of rotatable bonds is 3. The zero-order chi connectivity index (χ0) is 15.1. The number of carbonyl (C=O) groups is 3. The highest BCUT2D eigenvalue weighted by atomic mass is 16.4. The molecule has 0 fully saturated rings. The van der Waals surface area contributed by atoms with Gasteiger partial charge >= 0.3 is 5.97 Å². The number of carbonyl (C=O) groups excluding carboxylic acids is 2. The van der Waals surface area contributed by atoms with E-state index in [1.807, 2.05) is 26.8 Å². The molecule has 2 amide bonds. The van der Waals surface area contributed by atoms with Crippen LogP contribution in [0.25, 0.3) is 0 Å². The average Bonchev–Trinajstić information content (AvgIpc) is 2.58. The van der Waals surface area contributed by atoms with Crippen molar-refractivity contribution in [2.24, 2.45) is 0 Å². The Morgan fingerprint density at radius 1 is 1.15 bits per heavy atom. The maximum absolute atomic E-state index is 12.2. The second kappa shape index (κ2) is 4.74. The van der Waals surface area contributed by atoms with E-state index in [2.05, 4.69) is 0 Å². The number of fused-ring (bicyclic) bond motifs is 1. The van der Waals surface area contributed by atoms with Crippen molar-refractivity contribution < 1.29 is 19.5 Å². The lowest BCUT2D eigenvalue weighted by Gasteiger charge is -2.19. The molecule has 106 valence electrons. The Bertz CT molecular complexity index is 598. The lowest BCUT2D eigenvalue weighted by Crippen LogP contribution is -2.31. The number of hydrogen-bond donors (Lipinski definition) is 1. The van der Waals surface area contributed by atoms with Crippen LogP contribution in [-0.4, -0.2) is 34.3 Å². The summed E-state index contributed by atoms with van der Waals surface area (Å²) in [7, 11) is 0. The molecule has 0 saturated carbocycles. The van der Waals surface area contributed by atoms with Gasteiger partial charge in [0.2, 0.25) is 0 Å². The molecule has 1 aromatic rings. The van der Waals surface area contributed by atoms with Gasteiger partial charge in [-0.3, -0.25) is 19.3 Å². The van der Waals surface area contributed by atoms with Gasteiger partial charge in [-0.25, -0.2) is 0 Å². The topological polar surface area (TPSA) is 74.7 Å². The van der Waals surface area contributed by atoms with Gasteiger partial charge < -0.3 is 5.11 Å². The standard InChI is InChI=1S/C15H17NO4/c1-15(2,3)9-4-5-10-11(8-9)14(20)16(13(10)19)7-6-12(17)18/h4-5,8H,6-7H2,1-3H3,(H,17,18). The van der Waals surface area contributed by atoms with E-state index < -0.39 is 17.8 Å². The maximum atomic E-state index is 12.2. The highest BCUT2D eigenvalue weighted by Gasteiger charge is 2.36. The second-order valence-electron chi connectivity index (χ2n) is 5.92. The molecule has 1 aliphatic heterocycles. The highest BCUT2D eigenvalue weighted by molar-refractivity contribution is 6.21. The summed E-state index contributed by atoms with van der Waals surface area (Å²) < 4.78 is 0. The zero-order valence-electron chi connectivity index (χ0n) is 11.8. The Balaban J connectivity index is 2.34. The summed E-state index contributed by atoms with van der Waals surface area (Å²) >= 11 is 0. The van der Waals surface area contributed by atoms with Crippen molar-refractivity contribution in [2.45, 2.75) is 32.6 Å². The van der Waals surface area contributed by atoms with E-state index in [0.717, 1.165) is 10.5 Å². The smallest absolute Gasteiger partial charge is 0.305 e. The van der Waals surface area contributed by atoms with Crippen molar-refractivity contribution >= 4 is 17.8 Å². The molecule has 0 saturated heterocycles. The molecule has 1 aliphatic rings. The van der Waals surface area contributed by atoms with Crippen LogP contribution in [0.1, 0.15) is 53.5 Å². The Hall–Kier alpha value is -2.17. The van der Waals surface area contributed by atoms with Gasteiger partial charge in [0.1, 0.15) is 0 Å². The van der Waals surface area contributed by atoms with Crippen molar-refractivity contribution in [3.05, 3.63) is 34.9 Å². The van der Waals surface area contributed by atoms with Gasteiger partial charge in [-0.2, -0.15) is 0 Å². The van der Waals surface area contributed by atoms with Crippen LogP contribution in [-0.2, 0) is 10.2 Å². The number of nitrogens with zero attached hydrogens (tertiary/aromatic N) is 1.